The average molecular weight is 435 g/mol. The van der Waals surface area contributed by atoms with Gasteiger partial charge >= 0.3 is 0 Å². The number of carbonyl (C=O) groups excluding carboxylic acids is 1. The molecule has 3 aromatic rings. The van der Waals surface area contributed by atoms with E-state index in [1.165, 1.54) is 0 Å². The van der Waals surface area contributed by atoms with Gasteiger partial charge < -0.3 is 19.4 Å². The van der Waals surface area contributed by atoms with Gasteiger partial charge in [-0.2, -0.15) is 0 Å². The number of nitrogens with one attached hydrogen (secondary N) is 1. The molecule has 1 saturated heterocycles. The molecule has 4 heterocycles. The second-order valence-electron chi connectivity index (χ2n) is 8.32. The number of benzene rings is 1. The number of pyridine rings is 1. The van der Waals surface area contributed by atoms with Crippen LogP contribution in [0.5, 0.6) is 11.6 Å². The van der Waals surface area contributed by atoms with Gasteiger partial charge in [0, 0.05) is 50.0 Å². The smallest absolute Gasteiger partial charge is 0.293 e. The Morgan fingerprint density at radius 3 is 2.66 bits per heavy atom. The van der Waals surface area contributed by atoms with Crippen LogP contribution in [0.15, 0.2) is 42.6 Å². The third-order valence-corrected chi connectivity index (χ3v) is 6.33. The summed E-state index contributed by atoms with van der Waals surface area (Å²) in [6.45, 7) is 3.50. The Kier molecular flexibility index (Phi) is 5.48. The third-order valence-electron chi connectivity index (χ3n) is 6.33. The number of hydrogen-bond acceptors (Lipinski definition) is 7. The van der Waals surface area contributed by atoms with Gasteiger partial charge in [0.05, 0.1) is 14.2 Å². The normalized spacial score (nSPS) is 19.8. The van der Waals surface area contributed by atoms with Gasteiger partial charge in [0.1, 0.15) is 11.6 Å². The highest BCUT2D eigenvalue weighted by molar-refractivity contribution is 6.01. The molecule has 0 aliphatic carbocycles. The van der Waals surface area contributed by atoms with Crippen LogP contribution >= 0.6 is 0 Å². The van der Waals surface area contributed by atoms with Crippen molar-refractivity contribution in [1.82, 2.24) is 24.6 Å². The molecule has 9 heteroatoms. The van der Waals surface area contributed by atoms with E-state index in [-0.39, 0.29) is 5.91 Å². The summed E-state index contributed by atoms with van der Waals surface area (Å²) in [5, 5.41) is 11.4. The summed E-state index contributed by atoms with van der Waals surface area (Å²) in [6.07, 6.45) is 2.57. The molecule has 1 aromatic carbocycles. The Labute approximate surface area is 186 Å². The quantitative estimate of drug-likeness (QED) is 0.636. The zero-order chi connectivity index (χ0) is 22.1. The number of rotatable bonds is 6. The van der Waals surface area contributed by atoms with Crippen molar-refractivity contribution in [1.29, 1.82) is 0 Å². The molecular formula is C23H26N6O3. The van der Waals surface area contributed by atoms with E-state index >= 15 is 0 Å². The summed E-state index contributed by atoms with van der Waals surface area (Å²) in [6, 6.07) is 11.2. The third kappa shape index (κ3) is 3.91. The molecular weight excluding hydrogens is 408 g/mol. The van der Waals surface area contributed by atoms with Crippen molar-refractivity contribution in [2.75, 3.05) is 32.6 Å². The van der Waals surface area contributed by atoms with E-state index in [1.54, 1.807) is 20.4 Å². The summed E-state index contributed by atoms with van der Waals surface area (Å²) in [5.41, 5.74) is 1.78. The predicted molar refractivity (Wildman–Crippen MR) is 118 cm³/mol. The molecule has 32 heavy (non-hydrogen) atoms. The van der Waals surface area contributed by atoms with Gasteiger partial charge in [-0.15, -0.1) is 10.2 Å². The molecule has 0 bridgehead atoms. The Morgan fingerprint density at radius 1 is 1.06 bits per heavy atom. The first kappa shape index (κ1) is 20.4. The number of likely N-dealkylation sites (tertiary alicyclic amines) is 1. The molecule has 0 saturated carbocycles. The fraction of sp³-hybridized carbons (Fsp3) is 0.391. The van der Waals surface area contributed by atoms with Crippen LogP contribution in [0.1, 0.15) is 22.0 Å². The molecule has 166 valence electrons. The molecule has 1 N–H and O–H groups in total. The van der Waals surface area contributed by atoms with Crippen molar-refractivity contribution in [2.24, 2.45) is 11.8 Å². The van der Waals surface area contributed by atoms with Crippen LogP contribution < -0.4 is 14.8 Å². The van der Waals surface area contributed by atoms with Gasteiger partial charge in [-0.3, -0.25) is 9.69 Å². The maximum absolute atomic E-state index is 12.9. The fourth-order valence-corrected chi connectivity index (χ4v) is 4.75. The molecule has 0 radical (unpaired) electrons. The van der Waals surface area contributed by atoms with Crippen LogP contribution in [0.25, 0.3) is 0 Å². The molecule has 5 rings (SSSR count). The van der Waals surface area contributed by atoms with Crippen molar-refractivity contribution in [3.63, 3.8) is 0 Å². The number of carbonyl (C=O) groups is 1. The van der Waals surface area contributed by atoms with Crippen molar-refractivity contribution in [3.05, 3.63) is 59.8 Å². The molecule has 1 amide bonds. The van der Waals surface area contributed by atoms with Gasteiger partial charge in [-0.1, -0.05) is 6.07 Å². The van der Waals surface area contributed by atoms with Gasteiger partial charge in [0.2, 0.25) is 11.7 Å². The summed E-state index contributed by atoms with van der Waals surface area (Å²) < 4.78 is 12.6. The monoisotopic (exact) mass is 434 g/mol. The number of nitrogens with zero attached hydrogens (tertiary/aromatic N) is 5. The van der Waals surface area contributed by atoms with E-state index in [9.17, 15) is 4.79 Å². The van der Waals surface area contributed by atoms with Crippen LogP contribution in [0.2, 0.25) is 0 Å². The zero-order valence-electron chi connectivity index (χ0n) is 18.2. The number of amides is 1. The van der Waals surface area contributed by atoms with Crippen LogP contribution in [0.3, 0.4) is 0 Å². The van der Waals surface area contributed by atoms with Crippen molar-refractivity contribution < 1.29 is 14.3 Å². The number of methoxy groups -OCH3 is 2. The predicted octanol–water partition coefficient (Wildman–Crippen LogP) is 2.25. The molecule has 2 aliphatic heterocycles. The Bertz CT molecular complexity index is 1110. The minimum Gasteiger partial charge on any atom is -0.497 e. The van der Waals surface area contributed by atoms with Crippen LogP contribution in [-0.4, -0.2) is 57.9 Å². The highest BCUT2D eigenvalue weighted by Crippen LogP contribution is 2.34. The topological polar surface area (TPSA) is 94.4 Å². The van der Waals surface area contributed by atoms with Gasteiger partial charge in [-0.05, 0) is 42.2 Å². The summed E-state index contributed by atoms with van der Waals surface area (Å²) in [4.78, 5) is 19.6. The van der Waals surface area contributed by atoms with Crippen molar-refractivity contribution in [2.45, 2.75) is 19.5 Å². The van der Waals surface area contributed by atoms with Gasteiger partial charge in [-0.25, -0.2) is 4.98 Å². The fourth-order valence-electron chi connectivity index (χ4n) is 4.75. The zero-order valence-corrected chi connectivity index (χ0v) is 18.2. The van der Waals surface area contributed by atoms with E-state index in [0.29, 0.717) is 29.2 Å². The largest absolute Gasteiger partial charge is 0.497 e. The maximum Gasteiger partial charge on any atom is 0.293 e. The summed E-state index contributed by atoms with van der Waals surface area (Å²) in [7, 11) is 3.26. The highest BCUT2D eigenvalue weighted by Gasteiger charge is 2.39. The Morgan fingerprint density at radius 2 is 1.88 bits per heavy atom. The highest BCUT2D eigenvalue weighted by atomic mass is 16.5. The lowest BCUT2D eigenvalue weighted by Crippen LogP contribution is -2.31. The van der Waals surface area contributed by atoms with Gasteiger partial charge in [0.25, 0.3) is 5.91 Å². The molecule has 9 nitrogen and oxygen atoms in total. The van der Waals surface area contributed by atoms with Crippen molar-refractivity contribution in [3.8, 4) is 11.6 Å². The number of hydrogen-bond donors (Lipinski definition) is 1. The summed E-state index contributed by atoms with van der Waals surface area (Å²) in [5.74, 6) is 3.37. The first-order valence-corrected chi connectivity index (χ1v) is 10.7. The van der Waals surface area contributed by atoms with E-state index in [2.05, 4.69) is 31.5 Å². The Balaban J connectivity index is 1.26. The first-order valence-electron chi connectivity index (χ1n) is 10.7. The van der Waals surface area contributed by atoms with E-state index < -0.39 is 0 Å². The standard InChI is InChI=1S/C23H26N6O3/c1-31-19-7-5-18(6-8-19)25-22(30)21-27-26-20-10-16-12-28(13-17(16)14-29(20)21)11-15-4-3-9-24-23(15)32-2/h3-9,16-17H,10-14H2,1-2H3,(H,25,30). The lowest BCUT2D eigenvalue weighted by atomic mass is 9.89. The number of ether oxygens (including phenoxy) is 2. The first-order chi connectivity index (χ1) is 15.6. The van der Waals surface area contributed by atoms with Crippen LogP contribution in [0.4, 0.5) is 5.69 Å². The van der Waals surface area contributed by atoms with Gasteiger partial charge in [0.15, 0.2) is 0 Å². The number of aromatic nitrogens is 4. The molecule has 1 fully saturated rings. The summed E-state index contributed by atoms with van der Waals surface area (Å²) >= 11 is 0. The number of anilines is 1. The molecule has 0 spiro atoms. The van der Waals surface area contributed by atoms with Crippen LogP contribution in [0, 0.1) is 11.8 Å². The maximum atomic E-state index is 12.9. The molecule has 2 unspecified atom stereocenters. The second kappa shape index (κ2) is 8.58. The number of fused-ring (bicyclic) bond motifs is 2. The molecule has 2 aliphatic rings. The average Bonchev–Trinajstić information content (AvgIpc) is 3.41. The van der Waals surface area contributed by atoms with Crippen LogP contribution in [-0.2, 0) is 19.5 Å². The Hall–Kier alpha value is -3.46. The molecule has 2 aromatic heterocycles. The van der Waals surface area contributed by atoms with E-state index in [0.717, 1.165) is 49.7 Å². The van der Waals surface area contributed by atoms with E-state index in [4.69, 9.17) is 9.47 Å². The minimum absolute atomic E-state index is 0.248. The van der Waals surface area contributed by atoms with E-state index in [1.807, 2.05) is 34.9 Å². The second-order valence-corrected chi connectivity index (χ2v) is 8.32. The SMILES string of the molecule is COc1ccc(NC(=O)c2nnc3n2CC2CN(Cc4cccnc4OC)CC2C3)cc1. The van der Waals surface area contributed by atoms with Crippen molar-refractivity contribution >= 4 is 11.6 Å². The lowest BCUT2D eigenvalue weighted by molar-refractivity contribution is 0.100. The minimum atomic E-state index is -0.248. The molecule has 2 atom stereocenters. The lowest BCUT2D eigenvalue weighted by Gasteiger charge is -2.25.